The molecule has 3 aromatic carbocycles. The van der Waals surface area contributed by atoms with Crippen molar-refractivity contribution in [1.29, 1.82) is 0 Å². The van der Waals surface area contributed by atoms with Crippen LogP contribution in [-0.2, 0) is 37.5 Å². The molecule has 0 fully saturated rings. The van der Waals surface area contributed by atoms with Crippen LogP contribution in [0.1, 0.15) is 28.3 Å². The topological polar surface area (TPSA) is 165 Å². The predicted molar refractivity (Wildman–Crippen MR) is 148 cm³/mol. The number of fused-ring (bicyclic) bond motifs is 3. The van der Waals surface area contributed by atoms with Gasteiger partial charge in [0.1, 0.15) is 25.6 Å². The van der Waals surface area contributed by atoms with Crippen LogP contribution < -0.4 is 5.32 Å². The second kappa shape index (κ2) is 11.9. The van der Waals surface area contributed by atoms with Gasteiger partial charge in [0.25, 0.3) is 0 Å². The average Bonchev–Trinajstić information content (AvgIpc) is 3.58. The molecule has 1 aliphatic rings. The Hall–Kier alpha value is -5.13. The molecule has 5 rings (SSSR count). The van der Waals surface area contributed by atoms with Crippen molar-refractivity contribution in [2.45, 2.75) is 25.0 Å². The number of carbonyl (C=O) groups excluding carboxylic acids is 2. The molecule has 0 radical (unpaired) electrons. The Balaban J connectivity index is 1.30. The number of aromatic nitrogens is 2. The zero-order valence-electron chi connectivity index (χ0n) is 21.5. The first-order valence-corrected chi connectivity index (χ1v) is 13.9. The van der Waals surface area contributed by atoms with Gasteiger partial charge in [-0.1, -0.05) is 78.9 Å². The Morgan fingerprint density at radius 1 is 0.976 bits per heavy atom. The minimum atomic E-state index is -4.35. The highest BCUT2D eigenvalue weighted by atomic mass is 32.2. The lowest BCUT2D eigenvalue weighted by molar-refractivity contribution is -0.147. The molecular formula is C28H24N6O6S. The molecule has 12 nitrogen and oxygen atoms in total. The van der Waals surface area contributed by atoms with Gasteiger partial charge in [0.05, 0.1) is 10.2 Å². The summed E-state index contributed by atoms with van der Waals surface area (Å²) in [6.07, 6.45) is 0.950. The molecule has 1 amide bonds. The van der Waals surface area contributed by atoms with E-state index in [9.17, 15) is 18.0 Å². The van der Waals surface area contributed by atoms with E-state index in [4.69, 9.17) is 15.0 Å². The quantitative estimate of drug-likeness (QED) is 0.127. The molecule has 0 saturated heterocycles. The lowest BCUT2D eigenvalue weighted by Crippen LogP contribution is -2.44. The van der Waals surface area contributed by atoms with Crippen LogP contribution in [0, 0.1) is 0 Å². The lowest BCUT2D eigenvalue weighted by Gasteiger charge is -2.19. The molecule has 41 heavy (non-hydrogen) atoms. The number of alkyl carbamates (subject to hydrolysis) is 1. The van der Waals surface area contributed by atoms with E-state index in [-0.39, 0.29) is 31.2 Å². The summed E-state index contributed by atoms with van der Waals surface area (Å²) in [6, 6.07) is 23.5. The zero-order chi connectivity index (χ0) is 28.8. The van der Waals surface area contributed by atoms with E-state index < -0.39 is 28.3 Å². The van der Waals surface area contributed by atoms with Gasteiger partial charge >= 0.3 is 22.3 Å². The molecule has 13 heteroatoms. The second-order valence-electron chi connectivity index (χ2n) is 9.16. The number of esters is 1. The highest BCUT2D eigenvalue weighted by Gasteiger charge is 2.30. The molecule has 1 aromatic heterocycles. The summed E-state index contributed by atoms with van der Waals surface area (Å²) < 4.78 is 38.4. The fourth-order valence-electron chi connectivity index (χ4n) is 4.68. The average molecular weight is 573 g/mol. The summed E-state index contributed by atoms with van der Waals surface area (Å²) >= 11 is 0. The van der Waals surface area contributed by atoms with Crippen LogP contribution in [0.4, 0.5) is 4.79 Å². The molecule has 1 aliphatic carbocycles. The van der Waals surface area contributed by atoms with Crippen molar-refractivity contribution in [2.75, 3.05) is 6.61 Å². The van der Waals surface area contributed by atoms with E-state index in [0.717, 1.165) is 40.3 Å². The molecule has 0 saturated carbocycles. The second-order valence-corrected chi connectivity index (χ2v) is 10.6. The molecule has 0 unspecified atom stereocenters. The van der Waals surface area contributed by atoms with E-state index >= 15 is 0 Å². The van der Waals surface area contributed by atoms with Crippen LogP contribution in [0.2, 0.25) is 0 Å². The summed E-state index contributed by atoms with van der Waals surface area (Å²) in [7, 11) is -4.35. The minimum Gasteiger partial charge on any atom is -0.459 e. The van der Waals surface area contributed by atoms with Crippen molar-refractivity contribution in [3.8, 4) is 11.1 Å². The van der Waals surface area contributed by atoms with Crippen LogP contribution >= 0.6 is 0 Å². The monoisotopic (exact) mass is 572 g/mol. The van der Waals surface area contributed by atoms with Crippen molar-refractivity contribution in [2.24, 2.45) is 4.52 Å². The van der Waals surface area contributed by atoms with Crippen LogP contribution in [0.5, 0.6) is 0 Å². The number of imidazole rings is 1. The van der Waals surface area contributed by atoms with Gasteiger partial charge in [-0.05, 0) is 33.3 Å². The summed E-state index contributed by atoms with van der Waals surface area (Å²) in [5.41, 5.74) is 13.6. The van der Waals surface area contributed by atoms with E-state index in [1.54, 1.807) is 24.3 Å². The SMILES string of the molecule is [N-]=[N+]=NS(=O)(=O)n1cnc(C[C@H](NC(=O)OCC2c3ccccc3-c3ccccc32)C(=O)OCc2ccccc2)c1. The van der Waals surface area contributed by atoms with Crippen molar-refractivity contribution in [1.82, 2.24) is 14.3 Å². The zero-order valence-corrected chi connectivity index (χ0v) is 22.3. The standard InChI is InChI=1S/C28H24N6O6S/c29-32-33-41(37,38)34-15-20(30-18-34)14-26(27(35)39-16-19-8-2-1-3-9-19)31-28(36)40-17-25-23-12-6-4-10-21(23)22-11-5-7-13-24(22)25/h1-13,15,18,25-26H,14,16-17H2,(H,31,36)/t26-/m0/s1. The van der Waals surface area contributed by atoms with E-state index in [1.807, 2.05) is 54.6 Å². The number of hydrogen-bond donors (Lipinski definition) is 1. The van der Waals surface area contributed by atoms with E-state index in [1.165, 1.54) is 0 Å². The summed E-state index contributed by atoms with van der Waals surface area (Å²) in [6.45, 7) is -0.00702. The summed E-state index contributed by atoms with van der Waals surface area (Å²) in [4.78, 5) is 32.2. The Kier molecular flexibility index (Phi) is 7.99. The number of benzene rings is 3. The molecular weight excluding hydrogens is 548 g/mol. The van der Waals surface area contributed by atoms with Crippen LogP contribution in [0.25, 0.3) is 21.6 Å². The van der Waals surface area contributed by atoms with Crippen molar-refractivity contribution in [3.05, 3.63) is 124 Å². The van der Waals surface area contributed by atoms with E-state index in [0.29, 0.717) is 3.97 Å². The molecule has 0 aliphatic heterocycles. The van der Waals surface area contributed by atoms with Crippen LogP contribution in [0.3, 0.4) is 0 Å². The van der Waals surface area contributed by atoms with Gasteiger partial charge in [-0.3, -0.25) is 0 Å². The third kappa shape index (κ3) is 6.21. The van der Waals surface area contributed by atoms with Gasteiger partial charge in [0.2, 0.25) is 0 Å². The molecule has 208 valence electrons. The largest absolute Gasteiger partial charge is 0.459 e. The first-order valence-electron chi connectivity index (χ1n) is 12.5. The Morgan fingerprint density at radius 2 is 1.61 bits per heavy atom. The first-order chi connectivity index (χ1) is 19.9. The predicted octanol–water partition coefficient (Wildman–Crippen LogP) is 4.48. The van der Waals surface area contributed by atoms with Crippen molar-refractivity contribution >= 4 is 22.3 Å². The van der Waals surface area contributed by atoms with Gasteiger partial charge in [-0.15, -0.1) is 0 Å². The minimum absolute atomic E-state index is 0.0324. The van der Waals surface area contributed by atoms with Gasteiger partial charge in [-0.2, -0.15) is 8.42 Å². The number of amides is 1. The number of hydrogen-bond acceptors (Lipinski definition) is 7. The van der Waals surface area contributed by atoms with Gasteiger partial charge in [0.15, 0.2) is 0 Å². The maximum atomic E-state index is 13.0. The molecule has 0 spiro atoms. The normalized spacial score (nSPS) is 12.9. The van der Waals surface area contributed by atoms with Gasteiger partial charge < -0.3 is 14.8 Å². The number of nitrogens with zero attached hydrogens (tertiary/aromatic N) is 5. The van der Waals surface area contributed by atoms with Crippen LogP contribution in [-0.4, -0.2) is 42.1 Å². The fraction of sp³-hybridized carbons (Fsp3) is 0.179. The molecule has 4 aromatic rings. The number of carbonyl (C=O) groups is 2. The highest BCUT2D eigenvalue weighted by molar-refractivity contribution is 7.88. The Morgan fingerprint density at radius 3 is 2.27 bits per heavy atom. The first kappa shape index (κ1) is 27.4. The Bertz CT molecular complexity index is 1690. The van der Waals surface area contributed by atoms with Crippen molar-refractivity contribution < 1.29 is 27.5 Å². The molecule has 1 heterocycles. The molecule has 0 bridgehead atoms. The van der Waals surface area contributed by atoms with Gasteiger partial charge in [0, 0.05) is 23.4 Å². The third-order valence-electron chi connectivity index (χ3n) is 6.58. The molecule has 1 N–H and O–H groups in total. The fourth-order valence-corrected chi connectivity index (χ4v) is 5.28. The summed E-state index contributed by atoms with van der Waals surface area (Å²) in [5, 5.41) is 2.53. The smallest absolute Gasteiger partial charge is 0.407 e. The maximum Gasteiger partial charge on any atom is 0.407 e. The Labute approximate surface area is 235 Å². The highest BCUT2D eigenvalue weighted by Crippen LogP contribution is 2.44. The maximum absolute atomic E-state index is 13.0. The number of rotatable bonds is 10. The number of azide groups is 1. The number of nitrogens with one attached hydrogen (secondary N) is 1. The van der Waals surface area contributed by atoms with Gasteiger partial charge in [-0.25, -0.2) is 18.5 Å². The van der Waals surface area contributed by atoms with E-state index in [2.05, 4.69) is 19.7 Å². The summed E-state index contributed by atoms with van der Waals surface area (Å²) in [5.74, 6) is -0.951. The third-order valence-corrected chi connectivity index (χ3v) is 7.59. The number of ether oxygens (including phenoxy) is 2. The molecule has 1 atom stereocenters. The lowest BCUT2D eigenvalue weighted by atomic mass is 9.98. The van der Waals surface area contributed by atoms with Crippen LogP contribution in [0.15, 0.2) is 95.9 Å². The van der Waals surface area contributed by atoms with Crippen molar-refractivity contribution in [3.63, 3.8) is 0 Å².